The van der Waals surface area contributed by atoms with Gasteiger partial charge in [-0.05, 0) is 64.2 Å². The number of carbonyl (C=O) groups is 2. The van der Waals surface area contributed by atoms with E-state index < -0.39 is 12.1 Å². The molecule has 0 aliphatic carbocycles. The molecule has 1 amide bonds. The van der Waals surface area contributed by atoms with Gasteiger partial charge in [0.15, 0.2) is 0 Å². The molecular weight excluding hydrogens is 959 g/mol. The van der Waals surface area contributed by atoms with Crippen LogP contribution in [-0.4, -0.2) is 47.4 Å². The van der Waals surface area contributed by atoms with Crippen molar-refractivity contribution >= 4 is 11.9 Å². The number of hydrogen-bond acceptors (Lipinski definition) is 5. The maximum Gasteiger partial charge on any atom is 0.305 e. The molecule has 0 radical (unpaired) electrons. The molecule has 0 heterocycles. The first-order valence-electron chi connectivity index (χ1n) is 35.3. The molecule has 460 valence electrons. The van der Waals surface area contributed by atoms with E-state index in [1.54, 1.807) is 6.08 Å². The summed E-state index contributed by atoms with van der Waals surface area (Å²) >= 11 is 0. The van der Waals surface area contributed by atoms with Crippen molar-refractivity contribution in [3.05, 3.63) is 36.5 Å². The number of allylic oxidation sites excluding steroid dienone is 5. The Morgan fingerprint density at radius 3 is 1.00 bits per heavy atom. The Kier molecular flexibility index (Phi) is 65.9. The van der Waals surface area contributed by atoms with Crippen molar-refractivity contribution in [1.82, 2.24) is 5.32 Å². The second-order valence-electron chi connectivity index (χ2n) is 24.2. The number of amides is 1. The summed E-state index contributed by atoms with van der Waals surface area (Å²) < 4.78 is 5.49. The first-order chi connectivity index (χ1) is 38.5. The molecular formula is C72H137NO5. The third-order valence-electron chi connectivity index (χ3n) is 16.4. The molecule has 0 bridgehead atoms. The highest BCUT2D eigenvalue weighted by atomic mass is 16.5. The van der Waals surface area contributed by atoms with Gasteiger partial charge in [0.1, 0.15) is 0 Å². The minimum Gasteiger partial charge on any atom is -0.466 e. The van der Waals surface area contributed by atoms with Gasteiger partial charge in [-0.2, -0.15) is 0 Å². The fourth-order valence-corrected chi connectivity index (χ4v) is 11.0. The van der Waals surface area contributed by atoms with Gasteiger partial charge in [-0.1, -0.05) is 346 Å². The molecule has 0 saturated heterocycles. The molecule has 0 aliphatic rings. The molecule has 3 N–H and O–H groups in total. The van der Waals surface area contributed by atoms with Crippen molar-refractivity contribution < 1.29 is 24.5 Å². The lowest BCUT2D eigenvalue weighted by molar-refractivity contribution is -0.143. The molecule has 0 aromatic carbocycles. The van der Waals surface area contributed by atoms with Gasteiger partial charge < -0.3 is 20.3 Å². The fourth-order valence-electron chi connectivity index (χ4n) is 11.0. The highest BCUT2D eigenvalue weighted by Crippen LogP contribution is 2.19. The lowest BCUT2D eigenvalue weighted by Gasteiger charge is -2.20. The number of carbonyl (C=O) groups excluding carboxylic acids is 2. The Labute approximate surface area is 487 Å². The van der Waals surface area contributed by atoms with Crippen LogP contribution in [0.25, 0.3) is 0 Å². The van der Waals surface area contributed by atoms with Crippen LogP contribution in [-0.2, 0) is 14.3 Å². The van der Waals surface area contributed by atoms with E-state index in [9.17, 15) is 19.8 Å². The van der Waals surface area contributed by atoms with Gasteiger partial charge in [-0.25, -0.2) is 0 Å². The van der Waals surface area contributed by atoms with Crippen molar-refractivity contribution in [1.29, 1.82) is 0 Å². The van der Waals surface area contributed by atoms with E-state index in [4.69, 9.17) is 4.74 Å². The van der Waals surface area contributed by atoms with Gasteiger partial charge in [-0.15, -0.1) is 0 Å². The third kappa shape index (κ3) is 63.3. The van der Waals surface area contributed by atoms with Gasteiger partial charge >= 0.3 is 5.97 Å². The number of ether oxygens (including phenoxy) is 1. The summed E-state index contributed by atoms with van der Waals surface area (Å²) in [6.07, 6.45) is 86.7. The molecule has 0 spiro atoms. The molecule has 6 nitrogen and oxygen atoms in total. The summed E-state index contributed by atoms with van der Waals surface area (Å²) in [5.74, 6) is -0.0541. The van der Waals surface area contributed by atoms with Gasteiger partial charge in [0.2, 0.25) is 5.91 Å². The molecule has 6 heteroatoms. The minimum atomic E-state index is -0.839. The Bertz CT molecular complexity index is 1260. The lowest BCUT2D eigenvalue weighted by Crippen LogP contribution is -2.45. The summed E-state index contributed by atoms with van der Waals surface area (Å²) in [7, 11) is 0. The van der Waals surface area contributed by atoms with Crippen LogP contribution >= 0.6 is 0 Å². The molecule has 0 aromatic rings. The number of esters is 1. The van der Waals surface area contributed by atoms with Crippen LogP contribution in [0.2, 0.25) is 0 Å². The Hall–Kier alpha value is -1.92. The van der Waals surface area contributed by atoms with Crippen LogP contribution in [0.1, 0.15) is 386 Å². The first kappa shape index (κ1) is 76.1. The van der Waals surface area contributed by atoms with Crippen LogP contribution < -0.4 is 5.32 Å². The van der Waals surface area contributed by atoms with Crippen LogP contribution in [0.5, 0.6) is 0 Å². The van der Waals surface area contributed by atoms with E-state index >= 15 is 0 Å². The van der Waals surface area contributed by atoms with Crippen molar-refractivity contribution in [2.24, 2.45) is 0 Å². The van der Waals surface area contributed by atoms with Crippen molar-refractivity contribution in [3.63, 3.8) is 0 Å². The quantitative estimate of drug-likeness (QED) is 0.0320. The van der Waals surface area contributed by atoms with E-state index in [0.717, 1.165) is 51.4 Å². The zero-order chi connectivity index (χ0) is 56.4. The van der Waals surface area contributed by atoms with E-state index in [-0.39, 0.29) is 18.5 Å². The highest BCUT2D eigenvalue weighted by Gasteiger charge is 2.18. The third-order valence-corrected chi connectivity index (χ3v) is 16.4. The van der Waals surface area contributed by atoms with Gasteiger partial charge in [-0.3, -0.25) is 9.59 Å². The molecule has 2 unspecified atom stereocenters. The Balaban J connectivity index is 3.30. The number of aliphatic hydroxyl groups is 2. The van der Waals surface area contributed by atoms with Crippen molar-refractivity contribution in [3.8, 4) is 0 Å². The first-order valence-corrected chi connectivity index (χ1v) is 35.3. The molecule has 0 aliphatic heterocycles. The Morgan fingerprint density at radius 1 is 0.359 bits per heavy atom. The predicted molar refractivity (Wildman–Crippen MR) is 343 cm³/mol. The van der Waals surface area contributed by atoms with E-state index in [1.807, 2.05) is 6.08 Å². The summed E-state index contributed by atoms with van der Waals surface area (Å²) in [6, 6.07) is -0.622. The number of rotatable bonds is 66. The number of aliphatic hydroxyl groups excluding tert-OH is 2. The number of hydrogen-bond donors (Lipinski definition) is 3. The van der Waals surface area contributed by atoms with Crippen LogP contribution in [0.4, 0.5) is 0 Å². The molecule has 0 fully saturated rings. The van der Waals surface area contributed by atoms with Crippen molar-refractivity contribution in [2.45, 2.75) is 398 Å². The average Bonchev–Trinajstić information content (AvgIpc) is 3.44. The largest absolute Gasteiger partial charge is 0.466 e. The molecule has 0 saturated carbocycles. The highest BCUT2D eigenvalue weighted by molar-refractivity contribution is 5.76. The standard InChI is InChI=1S/C72H137NO5/c1-3-5-7-9-11-13-15-16-38-42-46-50-54-58-62-66-72(77)78-67-63-59-55-51-47-43-40-37-35-33-31-29-27-25-23-21-19-17-18-20-22-24-26-28-30-32-34-36-39-41-45-49-53-57-61-65-71(76)73-69(68-74)70(75)64-60-56-52-48-44-14-12-10-8-6-4-2/h11,13,16,38,60,64,69-70,74-75H,3-10,12,14-15,17-37,39-59,61-63,65-68H2,1-2H3,(H,73,76)/b13-11-,38-16-,64-60+. The maximum absolute atomic E-state index is 12.4. The van der Waals surface area contributed by atoms with Crippen molar-refractivity contribution in [2.75, 3.05) is 13.2 Å². The minimum absolute atomic E-state index is 0.00847. The summed E-state index contributed by atoms with van der Waals surface area (Å²) in [5, 5.41) is 23.1. The SMILES string of the molecule is CCCCC/C=C\C/C=C\CCCCCCCC(=O)OCCCCCCCCCCCCCCCCCCCCCCCCCCCCCCCCCCCCCC(=O)NC(CO)C(O)/C=C/CCCCCCCCCCC. The second-order valence-corrected chi connectivity index (χ2v) is 24.2. The fraction of sp³-hybridized carbons (Fsp3) is 0.889. The molecule has 2 atom stereocenters. The number of nitrogens with one attached hydrogen (secondary N) is 1. The number of unbranched alkanes of at least 4 members (excludes halogenated alkanes) is 51. The lowest BCUT2D eigenvalue weighted by atomic mass is 10.0. The smallest absolute Gasteiger partial charge is 0.305 e. The zero-order valence-electron chi connectivity index (χ0n) is 52.7. The molecule has 78 heavy (non-hydrogen) atoms. The van der Waals surface area contributed by atoms with Crippen LogP contribution in [0, 0.1) is 0 Å². The summed E-state index contributed by atoms with van der Waals surface area (Å²) in [4.78, 5) is 24.5. The maximum atomic E-state index is 12.4. The molecule has 0 rings (SSSR count). The van der Waals surface area contributed by atoms with Crippen LogP contribution in [0.3, 0.4) is 0 Å². The predicted octanol–water partition coefficient (Wildman–Crippen LogP) is 22.7. The topological polar surface area (TPSA) is 95.9 Å². The van der Waals surface area contributed by atoms with E-state index in [2.05, 4.69) is 43.5 Å². The van der Waals surface area contributed by atoms with Crippen LogP contribution in [0.15, 0.2) is 36.5 Å². The second kappa shape index (κ2) is 67.6. The summed E-state index contributed by atoms with van der Waals surface area (Å²) in [6.45, 7) is 4.88. The van der Waals surface area contributed by atoms with Gasteiger partial charge in [0.25, 0.3) is 0 Å². The monoisotopic (exact) mass is 1100 g/mol. The normalized spacial score (nSPS) is 12.7. The summed E-state index contributed by atoms with van der Waals surface area (Å²) in [5.41, 5.74) is 0. The van der Waals surface area contributed by atoms with E-state index in [1.165, 1.54) is 308 Å². The van der Waals surface area contributed by atoms with Gasteiger partial charge in [0, 0.05) is 12.8 Å². The average molecular weight is 1100 g/mol. The van der Waals surface area contributed by atoms with Gasteiger partial charge in [0.05, 0.1) is 25.4 Å². The van der Waals surface area contributed by atoms with E-state index in [0.29, 0.717) is 19.4 Å². The molecule has 0 aromatic heterocycles. The Morgan fingerprint density at radius 2 is 0.641 bits per heavy atom. The zero-order valence-corrected chi connectivity index (χ0v) is 52.7.